The number of hydrogen-bond donors (Lipinski definition) is 0. The predicted molar refractivity (Wildman–Crippen MR) is 211 cm³/mol. The van der Waals surface area contributed by atoms with Crippen LogP contribution < -0.4 is 0 Å². The third-order valence-electron chi connectivity index (χ3n) is 10.2. The molecule has 0 bridgehead atoms. The minimum Gasteiger partial charge on any atom is -0.309 e. The van der Waals surface area contributed by atoms with Gasteiger partial charge in [-0.3, -0.25) is 0 Å². The van der Waals surface area contributed by atoms with Crippen molar-refractivity contribution in [3.05, 3.63) is 205 Å². The first kappa shape index (κ1) is 30.0. The Morgan fingerprint density at radius 1 is 0.385 bits per heavy atom. The van der Waals surface area contributed by atoms with Crippen LogP contribution in [0.1, 0.15) is 22.6 Å². The summed E-state index contributed by atoms with van der Waals surface area (Å²) in [6.45, 7) is 0. The van der Waals surface area contributed by atoms with Crippen LogP contribution in [0, 0.1) is 0 Å². The van der Waals surface area contributed by atoms with Crippen LogP contribution in [0.5, 0.6) is 0 Å². The summed E-state index contributed by atoms with van der Waals surface area (Å²) < 4.78 is 2.45. The lowest BCUT2D eigenvalue weighted by Crippen LogP contribution is -2.06. The molecule has 7 aromatic carbocycles. The molecule has 1 atom stereocenters. The second-order valence-corrected chi connectivity index (χ2v) is 13.2. The first-order valence-electron chi connectivity index (χ1n) is 17.7. The van der Waals surface area contributed by atoms with Crippen LogP contribution >= 0.6 is 0 Å². The topological polar surface area (TPSA) is 43.6 Å². The average molecular weight is 665 g/mol. The van der Waals surface area contributed by atoms with Gasteiger partial charge in [0, 0.05) is 44.8 Å². The number of hydrogen-bond acceptors (Lipinski definition) is 3. The van der Waals surface area contributed by atoms with Gasteiger partial charge in [-0.1, -0.05) is 170 Å². The number of para-hydroxylation sites is 2. The number of nitrogens with zero attached hydrogens (tertiary/aromatic N) is 4. The number of rotatable bonds is 5. The lowest BCUT2D eigenvalue weighted by molar-refractivity contribution is 0.984. The van der Waals surface area contributed by atoms with Gasteiger partial charge in [0.05, 0.1) is 11.2 Å². The van der Waals surface area contributed by atoms with E-state index in [1.807, 2.05) is 60.7 Å². The van der Waals surface area contributed by atoms with Gasteiger partial charge < -0.3 is 4.57 Å². The van der Waals surface area contributed by atoms with Crippen molar-refractivity contribution in [1.29, 1.82) is 0 Å². The van der Waals surface area contributed by atoms with Crippen LogP contribution in [0.2, 0.25) is 0 Å². The van der Waals surface area contributed by atoms with Crippen LogP contribution in [-0.2, 0) is 0 Å². The highest BCUT2D eigenvalue weighted by Gasteiger charge is 2.32. The molecule has 2 aromatic heterocycles. The van der Waals surface area contributed by atoms with Gasteiger partial charge in [0.25, 0.3) is 0 Å². The van der Waals surface area contributed by atoms with E-state index >= 15 is 0 Å². The van der Waals surface area contributed by atoms with Crippen molar-refractivity contribution in [3.8, 4) is 62.2 Å². The Labute approximate surface area is 302 Å². The summed E-state index contributed by atoms with van der Waals surface area (Å²) in [5.74, 6) is 1.97. The quantitative estimate of drug-likeness (QED) is 0.184. The fourth-order valence-corrected chi connectivity index (χ4v) is 7.84. The van der Waals surface area contributed by atoms with Gasteiger partial charge in [-0.25, -0.2) is 15.0 Å². The first-order chi connectivity index (χ1) is 25.8. The summed E-state index contributed by atoms with van der Waals surface area (Å²) >= 11 is 0. The first-order valence-corrected chi connectivity index (χ1v) is 17.7. The molecule has 1 unspecified atom stereocenters. The summed E-state index contributed by atoms with van der Waals surface area (Å²) in [7, 11) is 0. The highest BCUT2D eigenvalue weighted by atomic mass is 15.0. The zero-order valence-corrected chi connectivity index (χ0v) is 28.3. The third-order valence-corrected chi connectivity index (χ3v) is 10.2. The molecular formula is C48H32N4. The van der Waals surface area contributed by atoms with Crippen molar-refractivity contribution in [2.45, 2.75) is 5.92 Å². The summed E-state index contributed by atoms with van der Waals surface area (Å²) in [6, 6.07) is 66.5. The van der Waals surface area contributed by atoms with Crippen molar-refractivity contribution >= 4 is 10.9 Å². The molecule has 10 rings (SSSR count). The average Bonchev–Trinajstić information content (AvgIpc) is 3.51. The highest BCUT2D eigenvalue weighted by Crippen LogP contribution is 2.52. The molecule has 0 N–H and O–H groups in total. The predicted octanol–water partition coefficient (Wildman–Crippen LogP) is 11.6. The maximum atomic E-state index is 4.99. The molecule has 2 heterocycles. The lowest BCUT2D eigenvalue weighted by atomic mass is 9.82. The van der Waals surface area contributed by atoms with Gasteiger partial charge in [0.15, 0.2) is 17.5 Å². The van der Waals surface area contributed by atoms with Crippen LogP contribution in [0.25, 0.3) is 73.1 Å². The van der Waals surface area contributed by atoms with Crippen LogP contribution in [0.15, 0.2) is 188 Å². The Balaban J connectivity index is 1.16. The molecule has 0 aliphatic heterocycles. The Morgan fingerprint density at radius 2 is 0.846 bits per heavy atom. The second-order valence-electron chi connectivity index (χ2n) is 13.2. The largest absolute Gasteiger partial charge is 0.309 e. The molecular weight excluding hydrogens is 633 g/mol. The molecule has 0 amide bonds. The maximum Gasteiger partial charge on any atom is 0.164 e. The SMILES string of the molecule is c1ccc(-c2nc(-c3ccccc3)nc(-c3ccc(C4c5ccccc5-c5c(n(-c6ccccc6)c6ccccc56)-c5ccccc54)cc3)n2)cc1. The molecule has 0 saturated heterocycles. The standard InChI is InChI=1S/C48H32N4/c1-4-16-33(17-5-1)46-49-47(34-18-6-2-7-19-34)51-48(50-46)35-30-28-32(29-31-35)43-37-22-10-11-23-38(37)44-41-26-14-15-27-42(41)52(36-20-8-3-9-21-36)45(44)40-25-13-12-24-39(40)43/h1-31,43H. The molecule has 0 fully saturated rings. The lowest BCUT2D eigenvalue weighted by Gasteiger charge is -2.22. The van der Waals surface area contributed by atoms with Crippen molar-refractivity contribution in [2.24, 2.45) is 0 Å². The fourth-order valence-electron chi connectivity index (χ4n) is 7.84. The Hall–Kier alpha value is -6.91. The normalized spacial score (nSPS) is 13.2. The van der Waals surface area contributed by atoms with Crippen molar-refractivity contribution in [2.75, 3.05) is 0 Å². The van der Waals surface area contributed by atoms with E-state index in [0.29, 0.717) is 17.5 Å². The van der Waals surface area contributed by atoms with E-state index in [4.69, 9.17) is 15.0 Å². The van der Waals surface area contributed by atoms with E-state index in [9.17, 15) is 0 Å². The smallest absolute Gasteiger partial charge is 0.164 e. The minimum absolute atomic E-state index is 0.00922. The molecule has 0 radical (unpaired) electrons. The monoisotopic (exact) mass is 664 g/mol. The van der Waals surface area contributed by atoms with Gasteiger partial charge in [0.2, 0.25) is 0 Å². The van der Waals surface area contributed by atoms with Gasteiger partial charge >= 0.3 is 0 Å². The van der Waals surface area contributed by atoms with Crippen LogP contribution in [0.3, 0.4) is 0 Å². The maximum absolute atomic E-state index is 4.99. The fraction of sp³-hybridized carbons (Fsp3) is 0.0208. The third kappa shape index (κ3) is 4.96. The second kappa shape index (κ2) is 12.4. The van der Waals surface area contributed by atoms with Crippen molar-refractivity contribution in [1.82, 2.24) is 19.5 Å². The van der Waals surface area contributed by atoms with E-state index in [1.165, 1.54) is 50.0 Å². The van der Waals surface area contributed by atoms with E-state index in [1.54, 1.807) is 0 Å². The van der Waals surface area contributed by atoms with Gasteiger partial charge in [0.1, 0.15) is 0 Å². The molecule has 52 heavy (non-hydrogen) atoms. The van der Waals surface area contributed by atoms with Gasteiger partial charge in [-0.05, 0) is 40.5 Å². The number of aromatic nitrogens is 4. The molecule has 4 nitrogen and oxygen atoms in total. The Bertz CT molecular complexity index is 2660. The summed E-state index contributed by atoms with van der Waals surface area (Å²) in [4.78, 5) is 14.9. The Morgan fingerprint density at radius 3 is 1.46 bits per heavy atom. The van der Waals surface area contributed by atoms with Crippen LogP contribution in [-0.4, -0.2) is 19.5 Å². The van der Waals surface area contributed by atoms with Gasteiger partial charge in [-0.15, -0.1) is 0 Å². The van der Waals surface area contributed by atoms with E-state index in [0.717, 1.165) is 22.4 Å². The molecule has 1 aliphatic carbocycles. The molecule has 244 valence electrons. The minimum atomic E-state index is 0.00922. The summed E-state index contributed by atoms with van der Waals surface area (Å²) in [5.41, 5.74) is 14.0. The van der Waals surface area contributed by atoms with E-state index in [-0.39, 0.29) is 5.92 Å². The molecule has 1 aliphatic rings. The zero-order valence-electron chi connectivity index (χ0n) is 28.3. The summed E-state index contributed by atoms with van der Waals surface area (Å²) in [6.07, 6.45) is 0. The van der Waals surface area contributed by atoms with Crippen LogP contribution in [0.4, 0.5) is 0 Å². The van der Waals surface area contributed by atoms with Crippen molar-refractivity contribution in [3.63, 3.8) is 0 Å². The molecule has 0 saturated carbocycles. The zero-order chi connectivity index (χ0) is 34.4. The number of fused-ring (bicyclic) bond motifs is 7. The van der Waals surface area contributed by atoms with E-state index < -0.39 is 0 Å². The molecule has 0 spiro atoms. The highest BCUT2D eigenvalue weighted by molar-refractivity contribution is 6.08. The molecule has 9 aromatic rings. The van der Waals surface area contributed by atoms with Gasteiger partial charge in [-0.2, -0.15) is 0 Å². The number of benzene rings is 7. The van der Waals surface area contributed by atoms with E-state index in [2.05, 4.69) is 132 Å². The Kier molecular flexibility index (Phi) is 7.17. The summed E-state index contributed by atoms with van der Waals surface area (Å²) in [5, 5.41) is 1.25. The van der Waals surface area contributed by atoms with Crippen molar-refractivity contribution < 1.29 is 0 Å². The molecule has 4 heteroatoms.